The van der Waals surface area contributed by atoms with Crippen LogP contribution in [0.15, 0.2) is 73.2 Å². The van der Waals surface area contributed by atoms with E-state index >= 15 is 0 Å². The van der Waals surface area contributed by atoms with Gasteiger partial charge in [-0.3, -0.25) is 4.98 Å². The zero-order chi connectivity index (χ0) is 23.1. The Bertz CT molecular complexity index is 1520. The second-order valence-electron chi connectivity index (χ2n) is 9.61. The second kappa shape index (κ2) is 8.50. The molecule has 3 heterocycles. The van der Waals surface area contributed by atoms with Crippen LogP contribution in [-0.2, 0) is 13.6 Å². The van der Waals surface area contributed by atoms with Crippen LogP contribution in [0.25, 0.3) is 49.0 Å². The summed E-state index contributed by atoms with van der Waals surface area (Å²) in [7, 11) is 2.08. The van der Waals surface area contributed by atoms with Gasteiger partial charge < -0.3 is 9.13 Å². The fourth-order valence-corrected chi connectivity index (χ4v) is 5.61. The number of nitrogens with zero attached hydrogens (tertiary/aromatic N) is 4. The molecule has 5 aromatic rings. The molecule has 0 saturated heterocycles. The summed E-state index contributed by atoms with van der Waals surface area (Å²) in [6.07, 6.45) is 13.1. The predicted octanol–water partition coefficient (Wildman–Crippen LogP) is 7.99. The first-order chi connectivity index (χ1) is 16.7. The number of rotatable bonds is 4. The molecule has 1 aliphatic rings. The van der Waals surface area contributed by atoms with E-state index in [0.29, 0.717) is 5.69 Å². The summed E-state index contributed by atoms with van der Waals surface area (Å²) in [6.45, 7) is 8.40. The smallest absolute Gasteiger partial charge is 0.187 e. The van der Waals surface area contributed by atoms with Crippen LogP contribution in [0.5, 0.6) is 0 Å². The summed E-state index contributed by atoms with van der Waals surface area (Å²) >= 11 is 0. The quantitative estimate of drug-likeness (QED) is 0.258. The van der Waals surface area contributed by atoms with Crippen molar-refractivity contribution in [3.05, 3.63) is 84.6 Å². The van der Waals surface area contributed by atoms with Gasteiger partial charge in [0.25, 0.3) is 0 Å². The van der Waals surface area contributed by atoms with Crippen LogP contribution in [0.1, 0.15) is 32.1 Å². The van der Waals surface area contributed by atoms with Crippen molar-refractivity contribution in [2.75, 3.05) is 0 Å². The summed E-state index contributed by atoms with van der Waals surface area (Å²) in [5.41, 5.74) is 7.42. The zero-order valence-electron chi connectivity index (χ0n) is 19.5. The number of benzene rings is 2. The van der Waals surface area contributed by atoms with Gasteiger partial charge in [-0.1, -0.05) is 49.6 Å². The summed E-state index contributed by atoms with van der Waals surface area (Å²) in [5.74, 6) is 0.755. The van der Waals surface area contributed by atoms with E-state index in [1.54, 1.807) is 0 Å². The Hall–Kier alpha value is -3.84. The Kier molecular flexibility index (Phi) is 5.19. The number of hydrogen-bond donors (Lipinski definition) is 0. The lowest BCUT2D eigenvalue weighted by atomic mass is 9.89. The van der Waals surface area contributed by atoms with Crippen molar-refractivity contribution in [3.8, 4) is 22.4 Å². The van der Waals surface area contributed by atoms with Gasteiger partial charge in [-0.25, -0.2) is 4.85 Å². The second-order valence-corrected chi connectivity index (χ2v) is 9.61. The van der Waals surface area contributed by atoms with E-state index in [1.807, 2.05) is 12.1 Å². The topological polar surface area (TPSA) is 27.1 Å². The summed E-state index contributed by atoms with van der Waals surface area (Å²) in [5, 5.41) is 2.44. The lowest BCUT2D eigenvalue weighted by Gasteiger charge is -2.22. The number of hydrogen-bond acceptors (Lipinski definition) is 1. The van der Waals surface area contributed by atoms with Crippen LogP contribution in [0.3, 0.4) is 0 Å². The first-order valence-electron chi connectivity index (χ1n) is 12.2. The highest BCUT2D eigenvalue weighted by Crippen LogP contribution is 2.39. The zero-order valence-corrected chi connectivity index (χ0v) is 19.5. The van der Waals surface area contributed by atoms with Crippen LogP contribution in [0.4, 0.5) is 5.69 Å². The van der Waals surface area contributed by atoms with E-state index < -0.39 is 0 Å². The van der Waals surface area contributed by atoms with Crippen molar-refractivity contribution in [1.82, 2.24) is 14.1 Å². The Morgan fingerprint density at radius 1 is 0.912 bits per heavy atom. The fraction of sp³-hybridized carbons (Fsp3) is 0.267. The maximum atomic E-state index is 7.34. The molecule has 1 aliphatic carbocycles. The number of pyridine rings is 1. The molecule has 34 heavy (non-hydrogen) atoms. The maximum Gasteiger partial charge on any atom is 0.187 e. The van der Waals surface area contributed by atoms with Gasteiger partial charge >= 0.3 is 0 Å². The third-order valence-corrected chi connectivity index (χ3v) is 7.45. The monoisotopic (exact) mass is 444 g/mol. The fourth-order valence-electron chi connectivity index (χ4n) is 5.61. The van der Waals surface area contributed by atoms with Crippen LogP contribution in [0.2, 0.25) is 0 Å². The molecule has 2 aromatic carbocycles. The molecule has 4 nitrogen and oxygen atoms in total. The molecule has 0 atom stereocenters. The molecule has 0 unspecified atom stereocenters. The largest absolute Gasteiger partial charge is 0.351 e. The van der Waals surface area contributed by atoms with Gasteiger partial charge in [-0.15, -0.1) is 0 Å². The first kappa shape index (κ1) is 20.7. The maximum absolute atomic E-state index is 7.34. The molecule has 3 aromatic heterocycles. The highest BCUT2D eigenvalue weighted by molar-refractivity contribution is 6.02. The van der Waals surface area contributed by atoms with Gasteiger partial charge in [0, 0.05) is 53.4 Å². The van der Waals surface area contributed by atoms with E-state index in [2.05, 4.69) is 82.1 Å². The van der Waals surface area contributed by atoms with Crippen LogP contribution >= 0.6 is 0 Å². The third kappa shape index (κ3) is 3.58. The average Bonchev–Trinajstić information content (AvgIpc) is 3.47. The van der Waals surface area contributed by atoms with E-state index in [9.17, 15) is 0 Å². The van der Waals surface area contributed by atoms with E-state index in [-0.39, 0.29) is 0 Å². The molecule has 4 heteroatoms. The Morgan fingerprint density at radius 3 is 2.50 bits per heavy atom. The standard InChI is InChI=1S/C30H28N4/c1-31-25-11-8-22(9-12-25)29-26-15-17-34(20-21-6-4-3-5-7-21)28(26)19-32-30(29)24-10-13-27-23(18-24)14-16-33(27)2/h8-19,21H,3-7,20H2,2H3. The molecule has 0 aliphatic heterocycles. The SMILES string of the molecule is [C-]#[N+]c1ccc(-c2c(-c3ccc4c(ccn4C)c3)ncc3c2ccn3CC2CCCCC2)cc1. The van der Waals surface area contributed by atoms with Crippen molar-refractivity contribution in [3.63, 3.8) is 0 Å². The van der Waals surface area contributed by atoms with Gasteiger partial charge in [0.05, 0.1) is 24.0 Å². The lowest BCUT2D eigenvalue weighted by molar-refractivity contribution is 0.322. The normalized spacial score (nSPS) is 14.6. The average molecular weight is 445 g/mol. The van der Waals surface area contributed by atoms with Crippen molar-refractivity contribution >= 4 is 27.5 Å². The molecule has 1 fully saturated rings. The van der Waals surface area contributed by atoms with Crippen molar-refractivity contribution < 1.29 is 0 Å². The minimum Gasteiger partial charge on any atom is -0.351 e. The van der Waals surface area contributed by atoms with Crippen molar-refractivity contribution in [1.29, 1.82) is 0 Å². The molecule has 0 radical (unpaired) electrons. The molecule has 6 rings (SSSR count). The van der Waals surface area contributed by atoms with E-state index in [0.717, 1.165) is 34.8 Å². The number of fused-ring (bicyclic) bond motifs is 2. The molecule has 168 valence electrons. The van der Waals surface area contributed by atoms with Crippen LogP contribution in [-0.4, -0.2) is 14.1 Å². The van der Waals surface area contributed by atoms with E-state index in [4.69, 9.17) is 11.6 Å². The molecule has 0 amide bonds. The Morgan fingerprint density at radius 2 is 1.71 bits per heavy atom. The highest BCUT2D eigenvalue weighted by atomic mass is 15.0. The minimum absolute atomic E-state index is 0.658. The minimum atomic E-state index is 0.658. The van der Waals surface area contributed by atoms with Gasteiger partial charge in [-0.2, -0.15) is 0 Å². The third-order valence-electron chi connectivity index (χ3n) is 7.45. The van der Waals surface area contributed by atoms with Gasteiger partial charge in [-0.05, 0) is 48.6 Å². The van der Waals surface area contributed by atoms with Crippen LogP contribution in [0, 0.1) is 12.5 Å². The van der Waals surface area contributed by atoms with Gasteiger partial charge in [0.1, 0.15) is 0 Å². The lowest BCUT2D eigenvalue weighted by Crippen LogP contribution is -2.13. The first-order valence-corrected chi connectivity index (χ1v) is 12.2. The van der Waals surface area contributed by atoms with Crippen molar-refractivity contribution in [2.24, 2.45) is 13.0 Å². The summed E-state index contributed by atoms with van der Waals surface area (Å²) < 4.78 is 4.55. The summed E-state index contributed by atoms with van der Waals surface area (Å²) in [4.78, 5) is 8.63. The molecule has 0 spiro atoms. The van der Waals surface area contributed by atoms with Crippen molar-refractivity contribution in [2.45, 2.75) is 38.6 Å². The van der Waals surface area contributed by atoms with Crippen LogP contribution < -0.4 is 0 Å². The Balaban J connectivity index is 1.52. The Labute approximate surface area is 200 Å². The molecule has 1 saturated carbocycles. The number of aromatic nitrogens is 3. The summed E-state index contributed by atoms with van der Waals surface area (Å²) in [6, 6.07) is 18.9. The van der Waals surface area contributed by atoms with E-state index in [1.165, 1.54) is 53.9 Å². The molecular weight excluding hydrogens is 416 g/mol. The highest BCUT2D eigenvalue weighted by Gasteiger charge is 2.19. The molecular formula is C30H28N4. The van der Waals surface area contributed by atoms with Gasteiger partial charge in [0.15, 0.2) is 5.69 Å². The number of aryl methyl sites for hydroxylation is 1. The molecule has 0 N–H and O–H groups in total. The predicted molar refractivity (Wildman–Crippen MR) is 140 cm³/mol. The van der Waals surface area contributed by atoms with Gasteiger partial charge in [0.2, 0.25) is 0 Å². The molecule has 0 bridgehead atoms.